The molecule has 35 valence electrons. The Hall–Kier alpha value is 2.82. The molecular weight excluding hydrogens is 234 g/mol. The van der Waals surface area contributed by atoms with Gasteiger partial charge in [0, 0.05) is 88.7 Å². The number of hydrogen-bond donors (Lipinski definition) is 0. The standard InChI is InChI=1S/3Na.4O.Ru. The van der Waals surface area contributed by atoms with E-state index in [9.17, 15) is 0 Å². The molecule has 4 nitrogen and oxygen atoms in total. The first kappa shape index (κ1) is 22.4. The van der Waals surface area contributed by atoms with Crippen LogP contribution in [0.1, 0.15) is 0 Å². The van der Waals surface area contributed by atoms with E-state index in [-0.39, 0.29) is 88.7 Å². The Morgan fingerprint density at radius 3 is 0.625 bits per heavy atom. The van der Waals surface area contributed by atoms with Crippen LogP contribution in [0, 0.1) is 0 Å². The molecule has 0 aromatic heterocycles. The Morgan fingerprint density at radius 2 is 0.625 bits per heavy atom. The zero-order chi connectivity index (χ0) is 4.50. The van der Waals surface area contributed by atoms with E-state index in [1.54, 1.807) is 0 Å². The van der Waals surface area contributed by atoms with Crippen LogP contribution >= 0.6 is 0 Å². The van der Waals surface area contributed by atoms with Crippen LogP contribution < -0.4 is 0 Å². The van der Waals surface area contributed by atoms with E-state index in [1.807, 2.05) is 0 Å². The molecule has 0 aliphatic heterocycles. The maximum atomic E-state index is 8.61. The minimum atomic E-state index is -5.86. The molecule has 0 N–H and O–H groups in total. The average Bonchev–Trinajstić information content (AvgIpc) is 0.722. The fraction of sp³-hybridized carbons (Fsp3) is 0. The van der Waals surface area contributed by atoms with Crippen molar-refractivity contribution < 1.29 is 28.9 Å². The van der Waals surface area contributed by atoms with Gasteiger partial charge in [0.1, 0.15) is 0 Å². The summed E-state index contributed by atoms with van der Waals surface area (Å²) >= 11 is -5.86. The average molecular weight is 234 g/mol. The maximum absolute atomic E-state index is 8.61. The molecule has 0 amide bonds. The fourth-order valence-electron chi connectivity index (χ4n) is 0. The summed E-state index contributed by atoms with van der Waals surface area (Å²) in [5, 5.41) is 0. The number of rotatable bonds is 0. The first-order valence-electron chi connectivity index (χ1n) is 0.577. The van der Waals surface area contributed by atoms with Crippen LogP contribution in [0.25, 0.3) is 0 Å². The summed E-state index contributed by atoms with van der Waals surface area (Å²) in [6.45, 7) is 0. The van der Waals surface area contributed by atoms with Crippen molar-refractivity contribution in [3.8, 4) is 0 Å². The summed E-state index contributed by atoms with van der Waals surface area (Å²) in [4.78, 5) is 0. The Labute approximate surface area is 115 Å². The van der Waals surface area contributed by atoms with Crippen LogP contribution in [-0.2, 0) is 28.9 Å². The van der Waals surface area contributed by atoms with Crippen molar-refractivity contribution in [2.45, 2.75) is 0 Å². The molecule has 0 aromatic rings. The molecule has 0 bridgehead atoms. The van der Waals surface area contributed by atoms with Gasteiger partial charge in [-0.15, -0.1) is 0 Å². The van der Waals surface area contributed by atoms with Gasteiger partial charge in [-0.25, -0.2) is 0 Å². The van der Waals surface area contributed by atoms with Crippen LogP contribution in [0.15, 0.2) is 0 Å². The first-order chi connectivity index (χ1) is 2.00. The summed E-state index contributed by atoms with van der Waals surface area (Å²) in [6, 6.07) is 0. The molecule has 8 heteroatoms. The summed E-state index contributed by atoms with van der Waals surface area (Å²) in [7, 11) is 0. The van der Waals surface area contributed by atoms with Crippen molar-refractivity contribution in [2.75, 3.05) is 0 Å². The Bertz CT molecular complexity index is 162. The molecule has 0 fully saturated rings. The predicted molar refractivity (Wildman–Crippen MR) is 20.0 cm³/mol. The van der Waals surface area contributed by atoms with Gasteiger partial charge >= 0.3 is 28.9 Å². The van der Waals surface area contributed by atoms with E-state index < -0.39 is 14.6 Å². The van der Waals surface area contributed by atoms with Gasteiger partial charge in [0.05, 0.1) is 0 Å². The molecule has 0 aliphatic rings. The third-order valence-electron chi connectivity index (χ3n) is 0. The van der Waals surface area contributed by atoms with E-state index in [0.717, 1.165) is 0 Å². The van der Waals surface area contributed by atoms with Crippen molar-refractivity contribution in [1.29, 1.82) is 0 Å². The third-order valence-corrected chi connectivity index (χ3v) is 0. The zero-order valence-corrected chi connectivity index (χ0v) is 12.7. The van der Waals surface area contributed by atoms with Gasteiger partial charge < -0.3 is 0 Å². The molecule has 0 atom stereocenters. The molecule has 0 heterocycles. The van der Waals surface area contributed by atoms with Crippen LogP contribution in [0.3, 0.4) is 0 Å². The molecule has 0 aliphatic carbocycles. The quantitative estimate of drug-likeness (QED) is 0.472. The minimum absolute atomic E-state index is 0. The third kappa shape index (κ3) is 67.7. The van der Waals surface area contributed by atoms with Crippen molar-refractivity contribution in [3.05, 3.63) is 0 Å². The molecule has 0 rings (SSSR count). The first-order valence-corrected chi connectivity index (χ1v) is 3.42. The Balaban J connectivity index is -0.0000000267. The molecule has 0 unspecified atom stereocenters. The van der Waals surface area contributed by atoms with Crippen molar-refractivity contribution in [1.82, 2.24) is 0 Å². The van der Waals surface area contributed by atoms with Gasteiger partial charge in [-0.3, -0.25) is 0 Å². The summed E-state index contributed by atoms with van der Waals surface area (Å²) in [5.41, 5.74) is 0. The second kappa shape index (κ2) is 9.82. The topological polar surface area (TPSA) is 68.3 Å². The van der Waals surface area contributed by atoms with Crippen molar-refractivity contribution >= 4 is 88.7 Å². The molecule has 3 radical (unpaired) electrons. The van der Waals surface area contributed by atoms with E-state index >= 15 is 0 Å². The monoisotopic (exact) mass is 235 g/mol. The Morgan fingerprint density at radius 1 is 0.625 bits per heavy atom. The second-order valence-electron chi connectivity index (χ2n) is 0.354. The SMILES string of the molecule is [Na].[Na].[Na].[O]=[Ru](=[O])(=[O])=[O]. The van der Waals surface area contributed by atoms with Gasteiger partial charge in [-0.2, -0.15) is 0 Å². The second-order valence-corrected chi connectivity index (χ2v) is 2.09. The van der Waals surface area contributed by atoms with Crippen LogP contribution in [0.5, 0.6) is 0 Å². The normalized spacial score (nSPS) is 7.00. The van der Waals surface area contributed by atoms with Gasteiger partial charge in [-0.05, 0) is 0 Å². The number of hydrogen-bond acceptors (Lipinski definition) is 4. The van der Waals surface area contributed by atoms with Crippen LogP contribution in [0.4, 0.5) is 0 Å². The van der Waals surface area contributed by atoms with Crippen molar-refractivity contribution in [3.63, 3.8) is 0 Å². The molecular formula is Na3O4Ru. The molecule has 0 saturated heterocycles. The molecule has 8 heavy (non-hydrogen) atoms. The summed E-state index contributed by atoms with van der Waals surface area (Å²) in [6.07, 6.45) is 0. The summed E-state index contributed by atoms with van der Waals surface area (Å²) in [5.74, 6) is 0. The van der Waals surface area contributed by atoms with Gasteiger partial charge in [0.15, 0.2) is 0 Å². The van der Waals surface area contributed by atoms with E-state index in [1.165, 1.54) is 0 Å². The van der Waals surface area contributed by atoms with E-state index in [2.05, 4.69) is 0 Å². The van der Waals surface area contributed by atoms with E-state index in [4.69, 9.17) is 14.3 Å². The van der Waals surface area contributed by atoms with Gasteiger partial charge in [-0.1, -0.05) is 0 Å². The van der Waals surface area contributed by atoms with Crippen molar-refractivity contribution in [2.24, 2.45) is 0 Å². The Kier molecular flexibility index (Phi) is 27.5. The predicted octanol–water partition coefficient (Wildman–Crippen LogP) is -1.62. The summed E-state index contributed by atoms with van der Waals surface area (Å²) < 4.78 is 34.4. The van der Waals surface area contributed by atoms with Crippen LogP contribution in [-0.4, -0.2) is 88.7 Å². The zero-order valence-electron chi connectivity index (χ0n) is 4.99. The molecule has 0 spiro atoms. The fourth-order valence-corrected chi connectivity index (χ4v) is 0. The molecule has 0 aromatic carbocycles. The molecule has 0 saturated carbocycles. The van der Waals surface area contributed by atoms with Crippen LogP contribution in [0.2, 0.25) is 0 Å². The van der Waals surface area contributed by atoms with E-state index in [0.29, 0.717) is 0 Å². The van der Waals surface area contributed by atoms with Gasteiger partial charge in [0.25, 0.3) is 0 Å². The van der Waals surface area contributed by atoms with Gasteiger partial charge in [0.2, 0.25) is 0 Å².